The maximum Gasteiger partial charge on any atom is 0.311 e. The van der Waals surface area contributed by atoms with E-state index < -0.39 is 11.9 Å². The molecule has 130 valence electrons. The van der Waals surface area contributed by atoms with Crippen molar-refractivity contribution in [2.75, 3.05) is 17.7 Å². The maximum absolute atomic E-state index is 13.1. The van der Waals surface area contributed by atoms with Crippen LogP contribution in [-0.4, -0.2) is 24.7 Å². The molecular formula is C19H18FNO3S. The number of carbonyl (C=O) groups is 2. The van der Waals surface area contributed by atoms with Gasteiger partial charge in [0.15, 0.2) is 0 Å². The van der Waals surface area contributed by atoms with E-state index in [0.29, 0.717) is 12.1 Å². The highest BCUT2D eigenvalue weighted by atomic mass is 32.2. The molecule has 1 heterocycles. The first-order valence-corrected chi connectivity index (χ1v) is 9.15. The van der Waals surface area contributed by atoms with Gasteiger partial charge in [-0.05, 0) is 48.2 Å². The molecule has 0 aromatic heterocycles. The number of nitrogens with zero attached hydrogens (tertiary/aromatic N) is 1. The second kappa shape index (κ2) is 7.70. The minimum atomic E-state index is -0.499. The molecule has 0 saturated carbocycles. The number of rotatable bonds is 5. The number of amides is 1. The zero-order chi connectivity index (χ0) is 17.8. The summed E-state index contributed by atoms with van der Waals surface area (Å²) in [4.78, 5) is 27.2. The van der Waals surface area contributed by atoms with Gasteiger partial charge in [-0.25, -0.2) is 4.39 Å². The quantitative estimate of drug-likeness (QED) is 0.604. The molecule has 2 aromatic rings. The molecule has 1 unspecified atom stereocenters. The van der Waals surface area contributed by atoms with Crippen LogP contribution in [0.3, 0.4) is 0 Å². The average Bonchev–Trinajstić information content (AvgIpc) is 3.02. The number of esters is 1. The first kappa shape index (κ1) is 17.5. The van der Waals surface area contributed by atoms with E-state index >= 15 is 0 Å². The average molecular weight is 359 g/mol. The summed E-state index contributed by atoms with van der Waals surface area (Å²) in [5, 5.41) is 0. The lowest BCUT2D eigenvalue weighted by Crippen LogP contribution is -2.26. The molecule has 1 aliphatic rings. The number of carbonyl (C=O) groups excluding carboxylic acids is 2. The van der Waals surface area contributed by atoms with E-state index in [4.69, 9.17) is 4.74 Å². The van der Waals surface area contributed by atoms with Gasteiger partial charge in [-0.3, -0.25) is 9.59 Å². The summed E-state index contributed by atoms with van der Waals surface area (Å²) in [5.41, 5.74) is 1.37. The smallest absolute Gasteiger partial charge is 0.311 e. The number of anilines is 1. The third-order valence-electron chi connectivity index (χ3n) is 4.11. The second-order valence-electron chi connectivity index (χ2n) is 5.84. The molecule has 1 atom stereocenters. The number of thioether (sulfide) groups is 1. The van der Waals surface area contributed by atoms with Crippen molar-refractivity contribution in [3.63, 3.8) is 0 Å². The Morgan fingerprint density at radius 1 is 1.28 bits per heavy atom. The monoisotopic (exact) mass is 359 g/mol. The molecule has 2 aromatic carbocycles. The van der Waals surface area contributed by atoms with Gasteiger partial charge in [-0.1, -0.05) is 12.1 Å². The van der Waals surface area contributed by atoms with Crippen LogP contribution in [0.2, 0.25) is 0 Å². The molecule has 1 aliphatic heterocycles. The molecule has 0 spiro atoms. The van der Waals surface area contributed by atoms with Gasteiger partial charge in [0.1, 0.15) is 12.4 Å². The van der Waals surface area contributed by atoms with Crippen molar-refractivity contribution in [2.45, 2.75) is 17.9 Å². The third-order valence-corrected chi connectivity index (χ3v) is 4.86. The molecule has 1 amide bonds. The lowest BCUT2D eigenvalue weighted by molar-refractivity contribution is -0.149. The van der Waals surface area contributed by atoms with Crippen LogP contribution in [0.1, 0.15) is 12.0 Å². The zero-order valence-electron chi connectivity index (χ0n) is 13.8. The van der Waals surface area contributed by atoms with Gasteiger partial charge in [-0.2, -0.15) is 0 Å². The predicted molar refractivity (Wildman–Crippen MR) is 94.9 cm³/mol. The van der Waals surface area contributed by atoms with Crippen molar-refractivity contribution in [1.29, 1.82) is 0 Å². The van der Waals surface area contributed by atoms with E-state index in [1.807, 2.05) is 30.5 Å². The van der Waals surface area contributed by atoms with Crippen molar-refractivity contribution in [1.82, 2.24) is 0 Å². The van der Waals surface area contributed by atoms with E-state index in [-0.39, 0.29) is 24.8 Å². The van der Waals surface area contributed by atoms with Crippen LogP contribution >= 0.6 is 11.8 Å². The first-order valence-electron chi connectivity index (χ1n) is 7.92. The molecule has 6 heteroatoms. The van der Waals surface area contributed by atoms with Gasteiger partial charge in [-0.15, -0.1) is 11.8 Å². The van der Waals surface area contributed by atoms with Crippen molar-refractivity contribution in [3.8, 4) is 0 Å². The molecule has 0 N–H and O–H groups in total. The number of hydrogen-bond acceptors (Lipinski definition) is 4. The van der Waals surface area contributed by atoms with Gasteiger partial charge < -0.3 is 9.64 Å². The van der Waals surface area contributed by atoms with Gasteiger partial charge >= 0.3 is 5.97 Å². The SMILES string of the molecule is CSc1ccc(N2CC(C(=O)OCc3cccc(F)c3)CC2=O)cc1. The Bertz CT molecular complexity index is 778. The fourth-order valence-corrected chi connectivity index (χ4v) is 3.18. The van der Waals surface area contributed by atoms with Crippen molar-refractivity contribution in [2.24, 2.45) is 5.92 Å². The number of ether oxygens (including phenoxy) is 1. The Balaban J connectivity index is 1.60. The van der Waals surface area contributed by atoms with E-state index in [1.165, 1.54) is 12.1 Å². The number of hydrogen-bond donors (Lipinski definition) is 0. The number of benzene rings is 2. The summed E-state index contributed by atoms with van der Waals surface area (Å²) in [7, 11) is 0. The van der Waals surface area contributed by atoms with Crippen LogP contribution in [0.25, 0.3) is 0 Å². The first-order chi connectivity index (χ1) is 12.1. The summed E-state index contributed by atoms with van der Waals surface area (Å²) >= 11 is 1.63. The minimum Gasteiger partial charge on any atom is -0.461 e. The minimum absolute atomic E-state index is 0.00367. The third kappa shape index (κ3) is 4.20. The van der Waals surface area contributed by atoms with E-state index in [9.17, 15) is 14.0 Å². The van der Waals surface area contributed by atoms with Crippen LogP contribution < -0.4 is 4.90 Å². The van der Waals surface area contributed by atoms with Crippen molar-refractivity contribution >= 4 is 29.3 Å². The largest absolute Gasteiger partial charge is 0.461 e. The highest BCUT2D eigenvalue weighted by Gasteiger charge is 2.36. The Labute approximate surface area is 150 Å². The van der Waals surface area contributed by atoms with Gasteiger partial charge in [0, 0.05) is 23.5 Å². The van der Waals surface area contributed by atoms with E-state index in [0.717, 1.165) is 10.6 Å². The Kier molecular flexibility index (Phi) is 5.38. The van der Waals surface area contributed by atoms with Crippen LogP contribution in [0.4, 0.5) is 10.1 Å². The molecule has 25 heavy (non-hydrogen) atoms. The normalized spacial score (nSPS) is 17.0. The summed E-state index contributed by atoms with van der Waals surface area (Å²) in [5.74, 6) is -1.39. The molecule has 1 fully saturated rings. The Morgan fingerprint density at radius 3 is 2.72 bits per heavy atom. The predicted octanol–water partition coefficient (Wildman–Crippen LogP) is 3.64. The molecule has 0 aliphatic carbocycles. The molecule has 0 radical (unpaired) electrons. The van der Waals surface area contributed by atoms with Crippen LogP contribution in [-0.2, 0) is 20.9 Å². The molecule has 3 rings (SSSR count). The molecular weight excluding hydrogens is 341 g/mol. The van der Waals surface area contributed by atoms with Crippen molar-refractivity contribution < 1.29 is 18.7 Å². The molecule has 4 nitrogen and oxygen atoms in total. The van der Waals surface area contributed by atoms with Gasteiger partial charge in [0.2, 0.25) is 5.91 Å². The second-order valence-corrected chi connectivity index (χ2v) is 6.72. The van der Waals surface area contributed by atoms with Crippen LogP contribution in [0.5, 0.6) is 0 Å². The Morgan fingerprint density at radius 2 is 2.04 bits per heavy atom. The zero-order valence-corrected chi connectivity index (χ0v) is 14.6. The summed E-state index contributed by atoms with van der Waals surface area (Å²) in [6, 6.07) is 13.6. The summed E-state index contributed by atoms with van der Waals surface area (Å²) in [6.07, 6.45) is 2.12. The standard InChI is InChI=1S/C19H18FNO3S/c1-25-17-7-5-16(6-8-17)21-11-14(10-18(21)22)19(23)24-12-13-3-2-4-15(20)9-13/h2-9,14H,10-12H2,1H3. The summed E-state index contributed by atoms with van der Waals surface area (Å²) < 4.78 is 18.4. The summed E-state index contributed by atoms with van der Waals surface area (Å²) in [6.45, 7) is 0.309. The van der Waals surface area contributed by atoms with Crippen molar-refractivity contribution in [3.05, 3.63) is 59.9 Å². The van der Waals surface area contributed by atoms with Gasteiger partial charge in [0.05, 0.1) is 5.92 Å². The molecule has 0 bridgehead atoms. The Hall–Kier alpha value is -2.34. The maximum atomic E-state index is 13.1. The van der Waals surface area contributed by atoms with E-state index in [2.05, 4.69) is 0 Å². The highest BCUT2D eigenvalue weighted by molar-refractivity contribution is 7.98. The molecule has 1 saturated heterocycles. The lowest BCUT2D eigenvalue weighted by atomic mass is 10.1. The topological polar surface area (TPSA) is 46.6 Å². The van der Waals surface area contributed by atoms with Crippen LogP contribution in [0, 0.1) is 11.7 Å². The fraction of sp³-hybridized carbons (Fsp3) is 0.263. The fourth-order valence-electron chi connectivity index (χ4n) is 2.78. The lowest BCUT2D eigenvalue weighted by Gasteiger charge is -2.17. The number of halogens is 1. The van der Waals surface area contributed by atoms with E-state index in [1.54, 1.807) is 28.8 Å². The van der Waals surface area contributed by atoms with Gasteiger partial charge in [0.25, 0.3) is 0 Å². The highest BCUT2D eigenvalue weighted by Crippen LogP contribution is 2.27. The van der Waals surface area contributed by atoms with Crippen LogP contribution in [0.15, 0.2) is 53.4 Å².